The Morgan fingerprint density at radius 1 is 0.833 bits per heavy atom. The molecule has 0 bridgehead atoms. The molecule has 3 aromatic carbocycles. The van der Waals surface area contributed by atoms with Crippen LogP contribution in [0.15, 0.2) is 85.1 Å². The van der Waals surface area contributed by atoms with Crippen molar-refractivity contribution in [1.82, 2.24) is 24.2 Å². The minimum atomic E-state index is -0.273. The molecule has 0 atom stereocenters. The molecule has 0 saturated carbocycles. The Hall–Kier alpha value is -3.97. The van der Waals surface area contributed by atoms with Crippen molar-refractivity contribution in [3.8, 4) is 5.69 Å². The molecule has 182 valence electrons. The molecule has 7 heteroatoms. The number of imidazole rings is 1. The van der Waals surface area contributed by atoms with Gasteiger partial charge in [-0.25, -0.2) is 14.1 Å². The Balaban J connectivity index is 1.17. The third kappa shape index (κ3) is 4.50. The van der Waals surface area contributed by atoms with E-state index < -0.39 is 0 Å². The molecule has 1 saturated heterocycles. The Morgan fingerprint density at radius 3 is 2.44 bits per heavy atom. The third-order valence-corrected chi connectivity index (χ3v) is 7.05. The van der Waals surface area contributed by atoms with E-state index in [0.717, 1.165) is 55.3 Å². The normalized spacial score (nSPS) is 14.6. The fraction of sp³-hybridized carbons (Fsp3) is 0.241. The van der Waals surface area contributed by atoms with Crippen LogP contribution in [0.2, 0.25) is 0 Å². The number of rotatable bonds is 6. The molecule has 0 radical (unpaired) electrons. The van der Waals surface area contributed by atoms with E-state index in [4.69, 9.17) is 4.98 Å². The molecule has 0 N–H and O–H groups in total. The second-order valence-corrected chi connectivity index (χ2v) is 9.40. The molecule has 0 amide bonds. The average molecular weight is 481 g/mol. The molecule has 5 aromatic rings. The first-order valence-corrected chi connectivity index (χ1v) is 12.4. The quantitative estimate of drug-likeness (QED) is 0.350. The van der Waals surface area contributed by atoms with E-state index in [0.29, 0.717) is 12.1 Å². The molecular weight excluding hydrogens is 451 g/mol. The fourth-order valence-corrected chi connectivity index (χ4v) is 5.08. The Labute approximate surface area is 210 Å². The highest BCUT2D eigenvalue weighted by Gasteiger charge is 2.18. The molecule has 36 heavy (non-hydrogen) atoms. The number of benzene rings is 3. The van der Waals surface area contributed by atoms with Crippen LogP contribution < -0.4 is 4.90 Å². The number of aryl methyl sites for hydroxylation is 1. The summed E-state index contributed by atoms with van der Waals surface area (Å²) in [4.78, 5) is 9.94. The Kier molecular flexibility index (Phi) is 5.99. The Bertz CT molecular complexity index is 1480. The van der Waals surface area contributed by atoms with Crippen molar-refractivity contribution in [1.29, 1.82) is 0 Å². The third-order valence-electron chi connectivity index (χ3n) is 7.05. The first-order valence-electron chi connectivity index (χ1n) is 12.4. The van der Waals surface area contributed by atoms with E-state index in [1.807, 2.05) is 12.1 Å². The number of piperazine rings is 1. The first kappa shape index (κ1) is 22.5. The van der Waals surface area contributed by atoms with E-state index in [2.05, 4.69) is 75.0 Å². The molecule has 2 aromatic heterocycles. The van der Waals surface area contributed by atoms with Crippen molar-refractivity contribution in [2.75, 3.05) is 31.1 Å². The molecule has 1 fully saturated rings. The van der Waals surface area contributed by atoms with Gasteiger partial charge in [-0.3, -0.25) is 4.90 Å². The zero-order chi connectivity index (χ0) is 24.5. The summed E-state index contributed by atoms with van der Waals surface area (Å²) in [5.74, 6) is 0.683. The van der Waals surface area contributed by atoms with Crippen molar-refractivity contribution < 1.29 is 4.39 Å². The number of hydrogen-bond donors (Lipinski definition) is 0. The summed E-state index contributed by atoms with van der Waals surface area (Å²) < 4.78 is 17.7. The smallest absolute Gasteiger partial charge is 0.125 e. The molecule has 0 spiro atoms. The summed E-state index contributed by atoms with van der Waals surface area (Å²) in [6.07, 6.45) is 2.36. The van der Waals surface area contributed by atoms with E-state index in [1.54, 1.807) is 16.9 Å². The second kappa shape index (κ2) is 9.59. The lowest BCUT2D eigenvalue weighted by atomic mass is 10.1. The van der Waals surface area contributed by atoms with Gasteiger partial charge in [0.1, 0.15) is 11.6 Å². The lowest BCUT2D eigenvalue weighted by Crippen LogP contribution is -2.45. The van der Waals surface area contributed by atoms with Crippen LogP contribution >= 0.6 is 0 Å². The van der Waals surface area contributed by atoms with Gasteiger partial charge in [0.2, 0.25) is 0 Å². The van der Waals surface area contributed by atoms with Gasteiger partial charge in [-0.05, 0) is 54.1 Å². The average Bonchev–Trinajstić information content (AvgIpc) is 3.49. The van der Waals surface area contributed by atoms with Gasteiger partial charge in [0, 0.05) is 58.1 Å². The minimum Gasteiger partial charge on any atom is -0.369 e. The van der Waals surface area contributed by atoms with Gasteiger partial charge in [0.15, 0.2) is 0 Å². The maximum atomic E-state index is 13.8. The lowest BCUT2D eigenvalue weighted by molar-refractivity contribution is 0.250. The zero-order valence-electron chi connectivity index (χ0n) is 20.4. The van der Waals surface area contributed by atoms with Crippen molar-refractivity contribution in [3.63, 3.8) is 0 Å². The summed E-state index contributed by atoms with van der Waals surface area (Å²) in [5, 5.41) is 4.42. The second-order valence-electron chi connectivity index (χ2n) is 9.40. The van der Waals surface area contributed by atoms with Crippen LogP contribution in [0.25, 0.3) is 16.7 Å². The molecule has 0 unspecified atom stereocenters. The van der Waals surface area contributed by atoms with Gasteiger partial charge in [-0.1, -0.05) is 30.3 Å². The molecule has 3 heterocycles. The SMILES string of the molecule is Cn1c(Cc2ccnn2-c2cccc(F)c2)nc2cc(CN3CCN(c4ccccc4)CC3)ccc21. The molecule has 6 nitrogen and oxygen atoms in total. The highest BCUT2D eigenvalue weighted by atomic mass is 19.1. The Morgan fingerprint density at radius 2 is 1.64 bits per heavy atom. The van der Waals surface area contributed by atoms with Gasteiger partial charge < -0.3 is 9.47 Å². The standard InChI is InChI=1S/C29H29FN6/c1-33-28-11-10-22(21-34-14-16-35(17-15-34)24-7-3-2-4-8-24)18-27(28)32-29(33)20-26-12-13-31-36(26)25-9-5-6-23(30)19-25/h2-13,18-19H,14-17,20-21H2,1H3. The topological polar surface area (TPSA) is 42.1 Å². The van der Waals surface area contributed by atoms with Crippen molar-refractivity contribution in [3.05, 3.63) is 108 Å². The molecular formula is C29H29FN6. The predicted octanol–water partition coefficient (Wildman–Crippen LogP) is 4.81. The predicted molar refractivity (Wildman–Crippen MR) is 141 cm³/mol. The lowest BCUT2D eigenvalue weighted by Gasteiger charge is -2.36. The monoisotopic (exact) mass is 480 g/mol. The van der Waals surface area contributed by atoms with E-state index in [9.17, 15) is 4.39 Å². The number of anilines is 1. The van der Waals surface area contributed by atoms with Crippen LogP contribution in [0.5, 0.6) is 0 Å². The van der Waals surface area contributed by atoms with Crippen molar-refractivity contribution in [2.45, 2.75) is 13.0 Å². The molecule has 0 aliphatic carbocycles. The highest BCUT2D eigenvalue weighted by molar-refractivity contribution is 5.77. The van der Waals surface area contributed by atoms with Gasteiger partial charge in [0.05, 0.1) is 22.4 Å². The molecule has 6 rings (SSSR count). The van der Waals surface area contributed by atoms with Gasteiger partial charge >= 0.3 is 0 Å². The van der Waals surface area contributed by atoms with E-state index >= 15 is 0 Å². The number of nitrogens with zero attached hydrogens (tertiary/aromatic N) is 6. The van der Waals surface area contributed by atoms with Crippen LogP contribution in [-0.2, 0) is 20.0 Å². The summed E-state index contributed by atoms with van der Waals surface area (Å²) in [6, 6.07) is 25.7. The van der Waals surface area contributed by atoms with Crippen LogP contribution in [0, 0.1) is 5.82 Å². The van der Waals surface area contributed by atoms with Gasteiger partial charge in [-0.15, -0.1) is 0 Å². The van der Waals surface area contributed by atoms with Gasteiger partial charge in [0.25, 0.3) is 0 Å². The summed E-state index contributed by atoms with van der Waals surface area (Å²) in [7, 11) is 2.05. The molecule has 1 aliphatic rings. The number of fused-ring (bicyclic) bond motifs is 1. The van der Waals surface area contributed by atoms with E-state index in [-0.39, 0.29) is 5.82 Å². The van der Waals surface area contributed by atoms with E-state index in [1.165, 1.54) is 23.4 Å². The largest absolute Gasteiger partial charge is 0.369 e. The summed E-state index contributed by atoms with van der Waals surface area (Å²) >= 11 is 0. The number of halogens is 1. The molecule has 1 aliphatic heterocycles. The summed E-state index contributed by atoms with van der Waals surface area (Å²) in [6.45, 7) is 5.10. The minimum absolute atomic E-state index is 0.273. The van der Waals surface area contributed by atoms with Crippen LogP contribution in [0.1, 0.15) is 17.1 Å². The van der Waals surface area contributed by atoms with Crippen molar-refractivity contribution in [2.24, 2.45) is 7.05 Å². The van der Waals surface area contributed by atoms with Crippen molar-refractivity contribution >= 4 is 16.7 Å². The van der Waals surface area contributed by atoms with Crippen LogP contribution in [0.4, 0.5) is 10.1 Å². The first-order chi connectivity index (χ1) is 17.6. The maximum Gasteiger partial charge on any atom is 0.125 e. The zero-order valence-corrected chi connectivity index (χ0v) is 20.4. The fourth-order valence-electron chi connectivity index (χ4n) is 5.08. The number of aromatic nitrogens is 4. The number of hydrogen-bond acceptors (Lipinski definition) is 4. The highest BCUT2D eigenvalue weighted by Crippen LogP contribution is 2.22. The van der Waals surface area contributed by atoms with Crippen LogP contribution in [0.3, 0.4) is 0 Å². The number of para-hydroxylation sites is 1. The van der Waals surface area contributed by atoms with Gasteiger partial charge in [-0.2, -0.15) is 5.10 Å². The van der Waals surface area contributed by atoms with Crippen LogP contribution in [-0.4, -0.2) is 50.4 Å². The maximum absolute atomic E-state index is 13.8. The summed E-state index contributed by atoms with van der Waals surface area (Å²) in [5.41, 5.74) is 6.38.